The highest BCUT2D eigenvalue weighted by Crippen LogP contribution is 2.28. The van der Waals surface area contributed by atoms with Gasteiger partial charge in [-0.1, -0.05) is 0 Å². The van der Waals surface area contributed by atoms with Crippen molar-refractivity contribution in [2.24, 2.45) is 7.05 Å². The largest absolute Gasteiger partial charge is 0.261 e. The van der Waals surface area contributed by atoms with Crippen molar-refractivity contribution in [2.45, 2.75) is 23.9 Å². The van der Waals surface area contributed by atoms with Gasteiger partial charge in [0.15, 0.2) is 0 Å². The van der Waals surface area contributed by atoms with Crippen molar-refractivity contribution in [3.8, 4) is 6.07 Å². The maximum atomic E-state index is 9.04. The van der Waals surface area contributed by atoms with E-state index in [-0.39, 0.29) is 0 Å². The third kappa shape index (κ3) is 2.48. The zero-order chi connectivity index (χ0) is 12.4. The Morgan fingerprint density at radius 2 is 2.06 bits per heavy atom. The first kappa shape index (κ1) is 11.7. The van der Waals surface area contributed by atoms with Crippen molar-refractivity contribution in [3.05, 3.63) is 35.2 Å². The van der Waals surface area contributed by atoms with Crippen LogP contribution in [0.15, 0.2) is 28.3 Å². The molecule has 0 amide bonds. The zero-order valence-electron chi connectivity index (χ0n) is 9.93. The van der Waals surface area contributed by atoms with Crippen LogP contribution in [0.25, 0.3) is 0 Å². The molecule has 0 spiro atoms. The molecule has 86 valence electrons. The molecule has 2 aromatic heterocycles. The van der Waals surface area contributed by atoms with Gasteiger partial charge in [0.1, 0.15) is 16.1 Å². The molecule has 2 heterocycles. The normalized spacial score (nSPS) is 10.2. The summed E-state index contributed by atoms with van der Waals surface area (Å²) in [4.78, 5) is 4.39. The summed E-state index contributed by atoms with van der Waals surface area (Å²) in [7, 11) is 1.89. The van der Waals surface area contributed by atoms with E-state index >= 15 is 0 Å². The lowest BCUT2D eigenvalue weighted by molar-refractivity contribution is 0.692. The van der Waals surface area contributed by atoms with Crippen molar-refractivity contribution in [1.29, 1.82) is 5.26 Å². The lowest BCUT2D eigenvalue weighted by Gasteiger charge is -2.03. The van der Waals surface area contributed by atoms with Crippen molar-refractivity contribution in [2.75, 3.05) is 0 Å². The Balaban J connectivity index is 2.39. The Kier molecular flexibility index (Phi) is 3.16. The second-order valence-corrected chi connectivity index (χ2v) is 4.78. The Bertz CT molecular complexity index is 595. The molecule has 0 saturated carbocycles. The van der Waals surface area contributed by atoms with E-state index in [2.05, 4.69) is 16.2 Å². The molecule has 0 aliphatic rings. The lowest BCUT2D eigenvalue weighted by atomic mass is 10.3. The van der Waals surface area contributed by atoms with Gasteiger partial charge >= 0.3 is 0 Å². The number of aromatic nitrogens is 3. The summed E-state index contributed by atoms with van der Waals surface area (Å²) in [6, 6.07) is 7.78. The Labute approximate surface area is 104 Å². The highest BCUT2D eigenvalue weighted by atomic mass is 32.2. The maximum Gasteiger partial charge on any atom is 0.120 e. The second kappa shape index (κ2) is 4.60. The number of rotatable bonds is 2. The fourth-order valence-corrected chi connectivity index (χ4v) is 2.49. The summed E-state index contributed by atoms with van der Waals surface area (Å²) >= 11 is 1.47. The first-order valence-electron chi connectivity index (χ1n) is 5.16. The molecular formula is C12H12N4S. The molecule has 0 aliphatic carbocycles. The van der Waals surface area contributed by atoms with Crippen LogP contribution in [-0.4, -0.2) is 14.8 Å². The van der Waals surface area contributed by atoms with Crippen LogP contribution in [0.2, 0.25) is 0 Å². The van der Waals surface area contributed by atoms with E-state index in [1.165, 1.54) is 11.8 Å². The molecule has 0 aromatic carbocycles. The molecule has 0 N–H and O–H groups in total. The van der Waals surface area contributed by atoms with Crippen LogP contribution >= 0.6 is 11.8 Å². The standard InChI is InChI=1S/C12H12N4S/c1-8-4-5-10(7-13)12(14-8)17-11-6-9(2)15-16(11)3/h4-6H,1-3H3. The predicted molar refractivity (Wildman–Crippen MR) is 65.8 cm³/mol. The molecular weight excluding hydrogens is 232 g/mol. The SMILES string of the molecule is Cc1ccc(C#N)c(Sc2cc(C)nn2C)n1. The number of hydrogen-bond acceptors (Lipinski definition) is 4. The number of hydrogen-bond donors (Lipinski definition) is 0. The van der Waals surface area contributed by atoms with Gasteiger partial charge in [-0.25, -0.2) is 4.98 Å². The van der Waals surface area contributed by atoms with E-state index in [4.69, 9.17) is 5.26 Å². The summed E-state index contributed by atoms with van der Waals surface area (Å²) in [5.41, 5.74) is 2.46. The van der Waals surface area contributed by atoms with E-state index in [0.717, 1.165) is 21.4 Å². The topological polar surface area (TPSA) is 54.5 Å². The zero-order valence-corrected chi connectivity index (χ0v) is 10.7. The first-order chi connectivity index (χ1) is 8.10. The van der Waals surface area contributed by atoms with Gasteiger partial charge in [0.2, 0.25) is 0 Å². The minimum atomic E-state index is 0.597. The molecule has 0 radical (unpaired) electrons. The number of nitrogens with zero attached hydrogens (tertiary/aromatic N) is 4. The van der Waals surface area contributed by atoms with Gasteiger partial charge < -0.3 is 0 Å². The highest BCUT2D eigenvalue weighted by molar-refractivity contribution is 7.99. The summed E-state index contributed by atoms with van der Waals surface area (Å²) in [5, 5.41) is 15.0. The van der Waals surface area contributed by atoms with Gasteiger partial charge in [-0.3, -0.25) is 4.68 Å². The Morgan fingerprint density at radius 3 is 2.65 bits per heavy atom. The quantitative estimate of drug-likeness (QED) is 0.814. The van der Waals surface area contributed by atoms with Crippen molar-refractivity contribution in [3.63, 3.8) is 0 Å². The number of pyridine rings is 1. The van der Waals surface area contributed by atoms with Gasteiger partial charge in [0.05, 0.1) is 11.3 Å². The fraction of sp³-hybridized carbons (Fsp3) is 0.250. The highest BCUT2D eigenvalue weighted by Gasteiger charge is 2.09. The van der Waals surface area contributed by atoms with E-state index in [9.17, 15) is 0 Å². The van der Waals surface area contributed by atoms with Gasteiger partial charge in [-0.05, 0) is 43.8 Å². The molecule has 0 aliphatic heterocycles. The predicted octanol–water partition coefficient (Wildman–Crippen LogP) is 2.45. The average molecular weight is 244 g/mol. The molecule has 0 atom stereocenters. The first-order valence-corrected chi connectivity index (χ1v) is 5.98. The van der Waals surface area contributed by atoms with Crippen LogP contribution in [0.1, 0.15) is 17.0 Å². The molecule has 4 nitrogen and oxygen atoms in total. The van der Waals surface area contributed by atoms with E-state index in [1.807, 2.05) is 33.0 Å². The molecule has 5 heteroatoms. The van der Waals surface area contributed by atoms with Crippen molar-refractivity contribution < 1.29 is 0 Å². The summed E-state index contributed by atoms with van der Waals surface area (Å²) in [6.07, 6.45) is 0. The Morgan fingerprint density at radius 1 is 1.29 bits per heavy atom. The van der Waals surface area contributed by atoms with Crippen LogP contribution in [-0.2, 0) is 7.05 Å². The Hall–Kier alpha value is -1.80. The molecule has 2 rings (SSSR count). The molecule has 0 unspecified atom stereocenters. The van der Waals surface area contributed by atoms with Crippen molar-refractivity contribution >= 4 is 11.8 Å². The minimum Gasteiger partial charge on any atom is -0.261 e. The summed E-state index contributed by atoms with van der Waals surface area (Å²) in [5.74, 6) is 0. The summed E-state index contributed by atoms with van der Waals surface area (Å²) in [6.45, 7) is 3.86. The van der Waals surface area contributed by atoms with Gasteiger partial charge in [0, 0.05) is 12.7 Å². The summed E-state index contributed by atoms with van der Waals surface area (Å²) < 4.78 is 1.80. The molecule has 0 saturated heterocycles. The van der Waals surface area contributed by atoms with Crippen molar-refractivity contribution in [1.82, 2.24) is 14.8 Å². The molecule has 17 heavy (non-hydrogen) atoms. The van der Waals surface area contributed by atoms with Crippen LogP contribution in [0.5, 0.6) is 0 Å². The number of nitriles is 1. The minimum absolute atomic E-state index is 0.597. The van der Waals surface area contributed by atoms with Gasteiger partial charge in [-0.15, -0.1) is 0 Å². The third-order valence-corrected chi connectivity index (χ3v) is 3.38. The second-order valence-electron chi connectivity index (χ2n) is 3.77. The van der Waals surface area contributed by atoms with Crippen LogP contribution in [0, 0.1) is 25.2 Å². The fourth-order valence-electron chi connectivity index (χ4n) is 1.48. The third-order valence-electron chi connectivity index (χ3n) is 2.28. The van der Waals surface area contributed by atoms with E-state index in [1.54, 1.807) is 10.7 Å². The smallest absolute Gasteiger partial charge is 0.120 e. The molecule has 2 aromatic rings. The maximum absolute atomic E-state index is 9.04. The molecule has 0 fully saturated rings. The van der Waals surface area contributed by atoms with Crippen LogP contribution in [0.3, 0.4) is 0 Å². The van der Waals surface area contributed by atoms with Crippen LogP contribution in [0.4, 0.5) is 0 Å². The van der Waals surface area contributed by atoms with Gasteiger partial charge in [-0.2, -0.15) is 10.4 Å². The monoisotopic (exact) mass is 244 g/mol. The van der Waals surface area contributed by atoms with Crippen LogP contribution < -0.4 is 0 Å². The van der Waals surface area contributed by atoms with E-state index < -0.39 is 0 Å². The average Bonchev–Trinajstić information content (AvgIpc) is 2.58. The molecule has 0 bridgehead atoms. The van der Waals surface area contributed by atoms with E-state index in [0.29, 0.717) is 5.56 Å². The lowest BCUT2D eigenvalue weighted by Crippen LogP contribution is -1.94. The number of aryl methyl sites for hydroxylation is 3. The van der Waals surface area contributed by atoms with Gasteiger partial charge in [0.25, 0.3) is 0 Å².